The number of ketones is 1. The second-order valence-corrected chi connectivity index (χ2v) is 9.46. The summed E-state index contributed by atoms with van der Waals surface area (Å²) in [7, 11) is 1.67. The first kappa shape index (κ1) is 20.2. The molecule has 0 radical (unpaired) electrons. The minimum absolute atomic E-state index is 0.0561. The van der Waals surface area contributed by atoms with Crippen molar-refractivity contribution < 1.29 is 14.3 Å². The Kier molecular flexibility index (Phi) is 6.12. The van der Waals surface area contributed by atoms with Crippen LogP contribution in [0, 0.1) is 0 Å². The standard InChI is InChI=1S/C24H25ClO3S/c1-15(25)14-28-18-9-7-16(8-10-18)23(26)22-20-12-11-19(27-2)13-21(20)29-24(22)17-5-3-4-6-17/h7-13,15,17H,3-6,14H2,1-2H3. The summed E-state index contributed by atoms with van der Waals surface area (Å²) in [6.45, 7) is 2.33. The summed E-state index contributed by atoms with van der Waals surface area (Å²) in [6.07, 6.45) is 4.79. The number of benzene rings is 2. The van der Waals surface area contributed by atoms with Gasteiger partial charge in [0.05, 0.1) is 12.5 Å². The number of alkyl halides is 1. The van der Waals surface area contributed by atoms with Gasteiger partial charge in [0, 0.05) is 26.1 Å². The lowest BCUT2D eigenvalue weighted by Gasteiger charge is -2.11. The van der Waals surface area contributed by atoms with Crippen LogP contribution in [0.4, 0.5) is 0 Å². The van der Waals surface area contributed by atoms with E-state index in [-0.39, 0.29) is 11.2 Å². The van der Waals surface area contributed by atoms with Crippen molar-refractivity contribution >= 4 is 38.8 Å². The lowest BCUT2D eigenvalue weighted by atomic mass is 9.94. The second-order valence-electron chi connectivity index (χ2n) is 7.63. The van der Waals surface area contributed by atoms with Crippen LogP contribution in [0.15, 0.2) is 42.5 Å². The first-order valence-corrected chi connectivity index (χ1v) is 11.3. The number of halogens is 1. The van der Waals surface area contributed by atoms with Crippen molar-refractivity contribution in [2.75, 3.05) is 13.7 Å². The Morgan fingerprint density at radius 2 is 1.83 bits per heavy atom. The van der Waals surface area contributed by atoms with Crippen LogP contribution < -0.4 is 9.47 Å². The van der Waals surface area contributed by atoms with Crippen molar-refractivity contribution in [2.45, 2.75) is 43.9 Å². The van der Waals surface area contributed by atoms with Crippen LogP contribution in [-0.4, -0.2) is 24.9 Å². The zero-order valence-electron chi connectivity index (χ0n) is 16.7. The number of carbonyl (C=O) groups is 1. The van der Waals surface area contributed by atoms with Gasteiger partial charge in [-0.15, -0.1) is 22.9 Å². The van der Waals surface area contributed by atoms with E-state index in [0.717, 1.165) is 40.0 Å². The molecule has 0 spiro atoms. The predicted octanol–water partition coefficient (Wildman–Crippen LogP) is 6.80. The normalized spacial score (nSPS) is 15.6. The zero-order chi connectivity index (χ0) is 20.4. The number of carbonyl (C=O) groups excluding carboxylic acids is 1. The lowest BCUT2D eigenvalue weighted by Crippen LogP contribution is -2.08. The van der Waals surface area contributed by atoms with Gasteiger partial charge in [0.15, 0.2) is 5.78 Å². The van der Waals surface area contributed by atoms with E-state index >= 15 is 0 Å². The van der Waals surface area contributed by atoms with Gasteiger partial charge in [0.1, 0.15) is 18.1 Å². The predicted molar refractivity (Wildman–Crippen MR) is 120 cm³/mol. The highest BCUT2D eigenvalue weighted by molar-refractivity contribution is 7.19. The average Bonchev–Trinajstić information content (AvgIpc) is 3.39. The Hall–Kier alpha value is -2.04. The van der Waals surface area contributed by atoms with Crippen molar-refractivity contribution in [2.24, 2.45) is 0 Å². The third-order valence-electron chi connectivity index (χ3n) is 5.47. The molecule has 0 saturated heterocycles. The van der Waals surface area contributed by atoms with Crippen molar-refractivity contribution in [1.82, 2.24) is 0 Å². The molecule has 1 aliphatic rings. The molecule has 29 heavy (non-hydrogen) atoms. The minimum Gasteiger partial charge on any atom is -0.497 e. The molecule has 1 atom stereocenters. The van der Waals surface area contributed by atoms with Crippen molar-refractivity contribution in [3.8, 4) is 11.5 Å². The van der Waals surface area contributed by atoms with Crippen molar-refractivity contribution in [3.63, 3.8) is 0 Å². The SMILES string of the molecule is COc1ccc2c(C(=O)c3ccc(OCC(C)Cl)cc3)c(C3CCCC3)sc2c1. The van der Waals surface area contributed by atoms with Crippen molar-refractivity contribution in [1.29, 1.82) is 0 Å². The van der Waals surface area contributed by atoms with Gasteiger partial charge in [0.2, 0.25) is 0 Å². The molecule has 0 aliphatic heterocycles. The Bertz CT molecular complexity index is 1000. The van der Waals surface area contributed by atoms with Gasteiger partial charge in [0.25, 0.3) is 0 Å². The summed E-state index contributed by atoms with van der Waals surface area (Å²) >= 11 is 7.69. The van der Waals surface area contributed by atoms with E-state index in [9.17, 15) is 4.79 Å². The van der Waals surface area contributed by atoms with E-state index in [0.29, 0.717) is 18.1 Å². The van der Waals surface area contributed by atoms with Crippen LogP contribution in [0.5, 0.6) is 11.5 Å². The number of ether oxygens (including phenoxy) is 2. The van der Waals surface area contributed by atoms with Gasteiger partial charge in [-0.1, -0.05) is 12.8 Å². The maximum Gasteiger partial charge on any atom is 0.194 e. The number of methoxy groups -OCH3 is 1. The van der Waals surface area contributed by atoms with Crippen LogP contribution in [-0.2, 0) is 0 Å². The van der Waals surface area contributed by atoms with Crippen molar-refractivity contribution in [3.05, 3.63) is 58.5 Å². The van der Waals surface area contributed by atoms with E-state index in [1.54, 1.807) is 18.4 Å². The summed E-state index contributed by atoms with van der Waals surface area (Å²) in [5.41, 5.74) is 1.55. The first-order chi connectivity index (χ1) is 14.1. The monoisotopic (exact) mass is 428 g/mol. The van der Waals surface area contributed by atoms with Gasteiger partial charge in [-0.2, -0.15) is 0 Å². The zero-order valence-corrected chi connectivity index (χ0v) is 18.3. The minimum atomic E-state index is -0.0561. The molecule has 152 valence electrons. The number of hydrogen-bond donors (Lipinski definition) is 0. The molecule has 1 aliphatic carbocycles. The molecule has 0 bridgehead atoms. The van der Waals surface area contributed by atoms with E-state index in [4.69, 9.17) is 21.1 Å². The number of thiophene rings is 1. The number of hydrogen-bond acceptors (Lipinski definition) is 4. The van der Waals surface area contributed by atoms with E-state index in [1.807, 2.05) is 49.4 Å². The van der Waals surface area contributed by atoms with Gasteiger partial charge < -0.3 is 9.47 Å². The maximum absolute atomic E-state index is 13.5. The number of rotatable bonds is 7. The largest absolute Gasteiger partial charge is 0.497 e. The summed E-state index contributed by atoms with van der Waals surface area (Å²) in [5, 5.41) is 0.971. The van der Waals surface area contributed by atoms with Gasteiger partial charge in [-0.3, -0.25) is 4.79 Å². The molecule has 5 heteroatoms. The highest BCUT2D eigenvalue weighted by Crippen LogP contribution is 2.44. The highest BCUT2D eigenvalue weighted by atomic mass is 35.5. The van der Waals surface area contributed by atoms with E-state index < -0.39 is 0 Å². The lowest BCUT2D eigenvalue weighted by molar-refractivity contribution is 0.103. The number of fused-ring (bicyclic) bond motifs is 1. The molecule has 0 N–H and O–H groups in total. The van der Waals surface area contributed by atoms with Crippen LogP contribution in [0.1, 0.15) is 59.3 Å². The smallest absolute Gasteiger partial charge is 0.194 e. The Balaban J connectivity index is 1.71. The molecule has 3 aromatic rings. The average molecular weight is 429 g/mol. The first-order valence-electron chi connectivity index (χ1n) is 10.1. The molecule has 1 aromatic heterocycles. The molecular weight excluding hydrogens is 404 g/mol. The summed E-state index contributed by atoms with van der Waals surface area (Å²) < 4.78 is 12.1. The third kappa shape index (κ3) is 4.29. The molecule has 0 amide bonds. The fourth-order valence-corrected chi connectivity index (χ4v) is 5.45. The molecule has 3 nitrogen and oxygen atoms in total. The molecular formula is C24H25ClO3S. The summed E-state index contributed by atoms with van der Waals surface area (Å²) in [5.74, 6) is 2.11. The Morgan fingerprint density at radius 3 is 2.48 bits per heavy atom. The third-order valence-corrected chi connectivity index (χ3v) is 6.91. The molecule has 1 fully saturated rings. The molecule has 2 aromatic carbocycles. The van der Waals surface area contributed by atoms with Gasteiger partial charge in [-0.25, -0.2) is 0 Å². The molecule has 1 unspecified atom stereocenters. The molecule has 1 saturated carbocycles. The second kappa shape index (κ2) is 8.76. The van der Waals surface area contributed by atoms with E-state index in [1.165, 1.54) is 17.7 Å². The molecule has 4 rings (SSSR count). The van der Waals surface area contributed by atoms with Crippen LogP contribution >= 0.6 is 22.9 Å². The summed E-state index contributed by atoms with van der Waals surface area (Å²) in [6, 6.07) is 13.4. The molecule has 1 heterocycles. The van der Waals surface area contributed by atoms with E-state index in [2.05, 4.69) is 0 Å². The fourth-order valence-electron chi connectivity index (χ4n) is 3.99. The summed E-state index contributed by atoms with van der Waals surface area (Å²) in [4.78, 5) is 14.8. The van der Waals surface area contributed by atoms with Gasteiger partial charge >= 0.3 is 0 Å². The van der Waals surface area contributed by atoms with Gasteiger partial charge in [-0.05, 0) is 68.1 Å². The van der Waals surface area contributed by atoms with Crippen LogP contribution in [0.25, 0.3) is 10.1 Å². The fraction of sp³-hybridized carbons (Fsp3) is 0.375. The van der Waals surface area contributed by atoms with Crippen LogP contribution in [0.3, 0.4) is 0 Å². The topological polar surface area (TPSA) is 35.5 Å². The Morgan fingerprint density at radius 1 is 1.14 bits per heavy atom. The quantitative estimate of drug-likeness (QED) is 0.306. The highest BCUT2D eigenvalue weighted by Gasteiger charge is 2.27. The Labute approximate surface area is 180 Å². The maximum atomic E-state index is 13.5. The van der Waals surface area contributed by atoms with Crippen LogP contribution in [0.2, 0.25) is 0 Å².